The molecule has 0 bridgehead atoms. The van der Waals surface area contributed by atoms with E-state index in [0.29, 0.717) is 21.2 Å². The van der Waals surface area contributed by atoms with Crippen LogP contribution in [0.5, 0.6) is 0 Å². The Labute approximate surface area is 212 Å². The maximum absolute atomic E-state index is 13.5. The first kappa shape index (κ1) is 25.1. The Morgan fingerprint density at radius 3 is 2.44 bits per heavy atom. The summed E-state index contributed by atoms with van der Waals surface area (Å²) in [6.07, 6.45) is 0.162. The molecule has 4 rings (SSSR count). The topological polar surface area (TPSA) is 66.5 Å². The summed E-state index contributed by atoms with van der Waals surface area (Å²) >= 11 is 18.0. The van der Waals surface area contributed by atoms with E-state index >= 15 is 0 Å². The van der Waals surface area contributed by atoms with E-state index in [-0.39, 0.29) is 23.6 Å². The number of carbonyl (C=O) groups is 1. The van der Waals surface area contributed by atoms with Crippen LogP contribution in [0.1, 0.15) is 23.6 Å². The van der Waals surface area contributed by atoms with Gasteiger partial charge in [0.25, 0.3) is 10.2 Å². The molecule has 0 aromatic heterocycles. The zero-order chi connectivity index (χ0) is 24.6. The maximum atomic E-state index is 13.5. The highest BCUT2D eigenvalue weighted by Crippen LogP contribution is 2.33. The summed E-state index contributed by atoms with van der Waals surface area (Å²) in [6.45, 7) is 0. The first-order valence-corrected chi connectivity index (χ1v) is 12.9. The van der Waals surface area contributed by atoms with E-state index in [2.05, 4.69) is 4.72 Å². The van der Waals surface area contributed by atoms with Gasteiger partial charge in [-0.15, -0.1) is 0 Å². The van der Waals surface area contributed by atoms with Gasteiger partial charge in [-0.25, -0.2) is 4.39 Å². The summed E-state index contributed by atoms with van der Waals surface area (Å²) < 4.78 is 42.8. The first-order valence-electron chi connectivity index (χ1n) is 10.3. The number of hydrogen-bond donors (Lipinski definition) is 1. The van der Waals surface area contributed by atoms with Crippen LogP contribution in [0.4, 0.5) is 4.39 Å². The van der Waals surface area contributed by atoms with Gasteiger partial charge >= 0.3 is 0 Å². The number of Topliss-reactive ketones (excluding diaryl/α,β-unsaturated/α-hetero) is 1. The monoisotopic (exact) mass is 540 g/mol. The Balaban J connectivity index is 1.61. The van der Waals surface area contributed by atoms with E-state index in [4.69, 9.17) is 34.8 Å². The third-order valence-corrected chi connectivity index (χ3v) is 8.47. The quantitative estimate of drug-likeness (QED) is 0.441. The number of rotatable bonds is 5. The molecule has 1 fully saturated rings. The van der Waals surface area contributed by atoms with Crippen molar-refractivity contribution >= 4 is 50.8 Å². The minimum absolute atomic E-state index is 0.0689. The third-order valence-electron chi connectivity index (χ3n) is 5.84. The molecule has 0 spiro atoms. The van der Waals surface area contributed by atoms with Crippen molar-refractivity contribution in [3.8, 4) is 11.1 Å². The van der Waals surface area contributed by atoms with Gasteiger partial charge in [0.15, 0.2) is 5.78 Å². The SMILES string of the molecule is CN1[C@H](C(=O)Cc2ccc(F)c(Cl)c2)C[C@H](c2cccc(-c3ccc(Cl)c(Cl)c3)c2)NS1(=O)=O. The normalized spacial score (nSPS) is 20.3. The maximum Gasteiger partial charge on any atom is 0.280 e. The predicted molar refractivity (Wildman–Crippen MR) is 133 cm³/mol. The van der Waals surface area contributed by atoms with Crippen molar-refractivity contribution in [1.29, 1.82) is 0 Å². The van der Waals surface area contributed by atoms with Crippen LogP contribution in [0, 0.1) is 5.82 Å². The second-order valence-electron chi connectivity index (χ2n) is 8.09. The molecule has 5 nitrogen and oxygen atoms in total. The predicted octanol–water partition coefficient (Wildman–Crippen LogP) is 5.84. The van der Waals surface area contributed by atoms with Crippen LogP contribution in [0.2, 0.25) is 15.1 Å². The minimum Gasteiger partial charge on any atom is -0.298 e. The molecular weight excluding hydrogens is 522 g/mol. The summed E-state index contributed by atoms with van der Waals surface area (Å²) in [4.78, 5) is 13.1. The average molecular weight is 542 g/mol. The van der Waals surface area contributed by atoms with Gasteiger partial charge in [-0.2, -0.15) is 17.4 Å². The van der Waals surface area contributed by atoms with Crippen molar-refractivity contribution in [2.45, 2.75) is 24.9 Å². The van der Waals surface area contributed by atoms with Gasteiger partial charge in [-0.3, -0.25) is 4.79 Å². The number of likely N-dealkylation sites (N-methyl/N-ethyl adjacent to an activating group) is 1. The molecule has 178 valence electrons. The van der Waals surface area contributed by atoms with E-state index in [1.807, 2.05) is 24.3 Å². The van der Waals surface area contributed by atoms with E-state index in [0.717, 1.165) is 15.4 Å². The zero-order valence-corrected chi connectivity index (χ0v) is 21.0. The number of carbonyl (C=O) groups excluding carboxylic acids is 1. The van der Waals surface area contributed by atoms with Crippen molar-refractivity contribution in [1.82, 2.24) is 9.03 Å². The van der Waals surface area contributed by atoms with E-state index < -0.39 is 28.1 Å². The molecule has 1 heterocycles. The minimum atomic E-state index is -3.91. The van der Waals surface area contributed by atoms with Crippen LogP contribution < -0.4 is 4.72 Å². The fraction of sp³-hybridized carbons (Fsp3) is 0.208. The van der Waals surface area contributed by atoms with E-state index in [1.54, 1.807) is 18.2 Å². The van der Waals surface area contributed by atoms with Crippen molar-refractivity contribution in [3.05, 3.63) is 92.7 Å². The van der Waals surface area contributed by atoms with Crippen LogP contribution in [-0.4, -0.2) is 31.6 Å². The summed E-state index contributed by atoms with van der Waals surface area (Å²) in [7, 11) is -2.55. The number of hydrogen-bond acceptors (Lipinski definition) is 3. The fourth-order valence-corrected chi connectivity index (χ4v) is 5.77. The highest BCUT2D eigenvalue weighted by atomic mass is 35.5. The van der Waals surface area contributed by atoms with E-state index in [1.165, 1.54) is 25.2 Å². The van der Waals surface area contributed by atoms with Crippen LogP contribution in [0.25, 0.3) is 11.1 Å². The lowest BCUT2D eigenvalue weighted by atomic mass is 9.93. The van der Waals surface area contributed by atoms with Gasteiger partial charge in [-0.05, 0) is 59.0 Å². The lowest BCUT2D eigenvalue weighted by molar-refractivity contribution is -0.122. The average Bonchev–Trinajstić information content (AvgIpc) is 2.79. The van der Waals surface area contributed by atoms with Crippen molar-refractivity contribution in [2.24, 2.45) is 0 Å². The standard InChI is InChI=1S/C24H20Cl3FN2O3S/c1-30-23(24(31)10-14-5-8-21(28)20(27)9-14)13-22(29-34(30,32)33)17-4-2-3-15(11-17)16-6-7-18(25)19(26)12-16/h2-9,11-12,22-23,29H,10,13H2,1H3/t22-,23+/m1/s1. The largest absolute Gasteiger partial charge is 0.298 e. The number of halogens is 4. The highest BCUT2D eigenvalue weighted by Gasteiger charge is 2.40. The molecule has 10 heteroatoms. The Bertz CT molecular complexity index is 1370. The van der Waals surface area contributed by atoms with E-state index in [9.17, 15) is 17.6 Å². The van der Waals surface area contributed by atoms with Crippen molar-refractivity contribution in [2.75, 3.05) is 7.05 Å². The zero-order valence-electron chi connectivity index (χ0n) is 17.9. The smallest absolute Gasteiger partial charge is 0.280 e. The molecule has 1 saturated heterocycles. The molecule has 0 amide bonds. The van der Waals surface area contributed by atoms with Gasteiger partial charge in [0, 0.05) is 19.5 Å². The number of nitrogens with zero attached hydrogens (tertiary/aromatic N) is 1. The lowest BCUT2D eigenvalue weighted by Gasteiger charge is -2.36. The molecule has 1 aliphatic rings. The van der Waals surface area contributed by atoms with Crippen LogP contribution >= 0.6 is 34.8 Å². The summed E-state index contributed by atoms with van der Waals surface area (Å²) in [6, 6.07) is 15.1. The Morgan fingerprint density at radius 2 is 1.74 bits per heavy atom. The number of benzene rings is 3. The van der Waals surface area contributed by atoms with Gasteiger partial charge in [0.05, 0.1) is 21.1 Å². The Kier molecular flexibility index (Phi) is 7.33. The van der Waals surface area contributed by atoms with Gasteiger partial charge in [0.1, 0.15) is 5.82 Å². The first-order chi connectivity index (χ1) is 16.0. The van der Waals surface area contributed by atoms with Crippen LogP contribution in [-0.2, 0) is 21.4 Å². The second kappa shape index (κ2) is 9.93. The van der Waals surface area contributed by atoms with Crippen LogP contribution in [0.3, 0.4) is 0 Å². The molecule has 3 aromatic rings. The molecule has 2 atom stereocenters. The molecule has 1 aliphatic heterocycles. The number of nitrogens with one attached hydrogen (secondary N) is 1. The lowest BCUT2D eigenvalue weighted by Crippen LogP contribution is -2.55. The highest BCUT2D eigenvalue weighted by molar-refractivity contribution is 7.87. The van der Waals surface area contributed by atoms with Gasteiger partial charge in [0.2, 0.25) is 0 Å². The van der Waals surface area contributed by atoms with Gasteiger partial charge < -0.3 is 0 Å². The molecule has 3 aromatic carbocycles. The molecule has 1 N–H and O–H groups in total. The fourth-order valence-electron chi connectivity index (χ4n) is 3.97. The molecule has 0 radical (unpaired) electrons. The summed E-state index contributed by atoms with van der Waals surface area (Å²) in [5.41, 5.74) is 2.88. The van der Waals surface area contributed by atoms with Gasteiger partial charge in [-0.1, -0.05) is 65.1 Å². The summed E-state index contributed by atoms with van der Waals surface area (Å²) in [5, 5.41) is 0.762. The third kappa shape index (κ3) is 5.30. The second-order valence-corrected chi connectivity index (χ2v) is 11.1. The molecule has 0 unspecified atom stereocenters. The Morgan fingerprint density at radius 1 is 1.00 bits per heavy atom. The van der Waals surface area contributed by atoms with Crippen molar-refractivity contribution in [3.63, 3.8) is 0 Å². The van der Waals surface area contributed by atoms with Crippen LogP contribution in [0.15, 0.2) is 60.7 Å². The molecule has 0 aliphatic carbocycles. The summed E-state index contributed by atoms with van der Waals surface area (Å²) in [5.74, 6) is -0.887. The van der Waals surface area contributed by atoms with Crippen molar-refractivity contribution < 1.29 is 17.6 Å². The Hall–Kier alpha value is -2.00. The molecular formula is C24H20Cl3FN2O3S. The number of ketones is 1. The molecule has 0 saturated carbocycles. The molecule has 34 heavy (non-hydrogen) atoms.